The van der Waals surface area contributed by atoms with Crippen molar-refractivity contribution in [3.8, 4) is 0 Å². The Kier molecular flexibility index (Phi) is 6.95. The summed E-state index contributed by atoms with van der Waals surface area (Å²) >= 11 is 0. The standard InChI is InChI=1S/C14H26N2/c1-3-4-5-6-7-8-9-10-11-14-15-12-13-16(14)2/h12-13H,3-11H2,1-2H3. The highest BCUT2D eigenvalue weighted by Crippen LogP contribution is 2.10. The van der Waals surface area contributed by atoms with Crippen molar-refractivity contribution in [3.05, 3.63) is 18.2 Å². The molecule has 0 fully saturated rings. The van der Waals surface area contributed by atoms with Crippen LogP contribution in [0.5, 0.6) is 0 Å². The first-order valence-corrected chi connectivity index (χ1v) is 6.80. The van der Waals surface area contributed by atoms with Crippen LogP contribution >= 0.6 is 0 Å². The van der Waals surface area contributed by atoms with E-state index < -0.39 is 0 Å². The molecule has 0 spiro atoms. The monoisotopic (exact) mass is 222 g/mol. The van der Waals surface area contributed by atoms with Crippen molar-refractivity contribution in [1.82, 2.24) is 9.55 Å². The number of aryl methyl sites for hydroxylation is 2. The number of rotatable bonds is 9. The minimum absolute atomic E-state index is 1.14. The molecule has 1 heterocycles. The van der Waals surface area contributed by atoms with E-state index in [1.54, 1.807) is 0 Å². The van der Waals surface area contributed by atoms with Crippen LogP contribution < -0.4 is 0 Å². The molecule has 1 aromatic rings. The molecule has 16 heavy (non-hydrogen) atoms. The van der Waals surface area contributed by atoms with E-state index in [-0.39, 0.29) is 0 Å². The Balaban J connectivity index is 1.91. The van der Waals surface area contributed by atoms with Gasteiger partial charge in [0.05, 0.1) is 0 Å². The Bertz CT molecular complexity index is 265. The fourth-order valence-electron chi connectivity index (χ4n) is 2.05. The Morgan fingerprint density at radius 3 is 2.19 bits per heavy atom. The summed E-state index contributed by atoms with van der Waals surface area (Å²) in [7, 11) is 2.08. The zero-order valence-corrected chi connectivity index (χ0v) is 10.9. The zero-order valence-electron chi connectivity index (χ0n) is 10.9. The van der Waals surface area contributed by atoms with Crippen LogP contribution in [0.1, 0.15) is 64.1 Å². The SMILES string of the molecule is CCCCCCCCCCc1nccn1C. The maximum Gasteiger partial charge on any atom is 0.108 e. The molecule has 92 valence electrons. The highest BCUT2D eigenvalue weighted by molar-refractivity contribution is 4.90. The molecule has 0 aromatic carbocycles. The average Bonchev–Trinajstić information content (AvgIpc) is 2.68. The van der Waals surface area contributed by atoms with Crippen molar-refractivity contribution in [2.24, 2.45) is 7.05 Å². The topological polar surface area (TPSA) is 17.8 Å². The van der Waals surface area contributed by atoms with Gasteiger partial charge in [0.2, 0.25) is 0 Å². The van der Waals surface area contributed by atoms with E-state index in [0.29, 0.717) is 0 Å². The fourth-order valence-corrected chi connectivity index (χ4v) is 2.05. The lowest BCUT2D eigenvalue weighted by molar-refractivity contribution is 0.569. The molecular weight excluding hydrogens is 196 g/mol. The Hall–Kier alpha value is -0.790. The maximum atomic E-state index is 4.34. The quantitative estimate of drug-likeness (QED) is 0.575. The maximum absolute atomic E-state index is 4.34. The lowest BCUT2D eigenvalue weighted by Crippen LogP contribution is -1.96. The molecule has 0 aliphatic rings. The molecule has 0 saturated carbocycles. The van der Waals surface area contributed by atoms with Crippen molar-refractivity contribution in [3.63, 3.8) is 0 Å². The molecule has 1 rings (SSSR count). The molecule has 0 aliphatic carbocycles. The van der Waals surface area contributed by atoms with Crippen molar-refractivity contribution >= 4 is 0 Å². The second-order valence-electron chi connectivity index (χ2n) is 4.68. The number of aromatic nitrogens is 2. The van der Waals surface area contributed by atoms with E-state index in [1.165, 1.54) is 57.2 Å². The second-order valence-corrected chi connectivity index (χ2v) is 4.68. The molecule has 0 amide bonds. The fraction of sp³-hybridized carbons (Fsp3) is 0.786. The van der Waals surface area contributed by atoms with Gasteiger partial charge in [0.25, 0.3) is 0 Å². The van der Waals surface area contributed by atoms with Crippen molar-refractivity contribution in [2.45, 2.75) is 64.7 Å². The largest absolute Gasteiger partial charge is 0.338 e. The van der Waals surface area contributed by atoms with Crippen molar-refractivity contribution in [1.29, 1.82) is 0 Å². The minimum Gasteiger partial charge on any atom is -0.338 e. The average molecular weight is 222 g/mol. The molecule has 0 saturated heterocycles. The third kappa shape index (κ3) is 5.34. The van der Waals surface area contributed by atoms with Crippen molar-refractivity contribution in [2.75, 3.05) is 0 Å². The summed E-state index contributed by atoms with van der Waals surface area (Å²) in [5.74, 6) is 1.23. The first kappa shape index (κ1) is 13.3. The Labute approximate surface area is 100 Å². The molecule has 2 nitrogen and oxygen atoms in total. The van der Waals surface area contributed by atoms with Gasteiger partial charge in [-0.25, -0.2) is 4.98 Å². The molecule has 0 radical (unpaired) electrons. The van der Waals surface area contributed by atoms with Gasteiger partial charge >= 0.3 is 0 Å². The molecule has 0 N–H and O–H groups in total. The molecule has 0 bridgehead atoms. The minimum atomic E-state index is 1.14. The highest BCUT2D eigenvalue weighted by atomic mass is 15.0. The number of hydrogen-bond acceptors (Lipinski definition) is 1. The number of imidazole rings is 1. The summed E-state index contributed by atoms with van der Waals surface area (Å²) in [6, 6.07) is 0. The van der Waals surface area contributed by atoms with Crippen LogP contribution in [0.3, 0.4) is 0 Å². The summed E-state index contributed by atoms with van der Waals surface area (Å²) < 4.78 is 2.13. The van der Waals surface area contributed by atoms with E-state index in [0.717, 1.165) is 6.42 Å². The molecule has 0 unspecified atom stereocenters. The van der Waals surface area contributed by atoms with Crippen LogP contribution in [0.4, 0.5) is 0 Å². The van der Waals surface area contributed by atoms with Gasteiger partial charge in [-0.1, -0.05) is 51.9 Å². The highest BCUT2D eigenvalue weighted by Gasteiger charge is 1.98. The lowest BCUT2D eigenvalue weighted by Gasteiger charge is -2.02. The van der Waals surface area contributed by atoms with Crippen LogP contribution in [0.2, 0.25) is 0 Å². The normalized spacial score (nSPS) is 10.9. The van der Waals surface area contributed by atoms with Gasteiger partial charge in [0.1, 0.15) is 5.82 Å². The summed E-state index contributed by atoms with van der Waals surface area (Å²) in [5.41, 5.74) is 0. The van der Waals surface area contributed by atoms with Crippen LogP contribution in [-0.2, 0) is 13.5 Å². The Morgan fingerprint density at radius 2 is 1.62 bits per heavy atom. The third-order valence-corrected chi connectivity index (χ3v) is 3.17. The van der Waals surface area contributed by atoms with E-state index in [2.05, 4.69) is 23.5 Å². The molecular formula is C14H26N2. The molecule has 0 atom stereocenters. The van der Waals surface area contributed by atoms with Gasteiger partial charge in [0, 0.05) is 25.9 Å². The van der Waals surface area contributed by atoms with Gasteiger partial charge in [-0.2, -0.15) is 0 Å². The van der Waals surface area contributed by atoms with E-state index >= 15 is 0 Å². The van der Waals surface area contributed by atoms with E-state index in [4.69, 9.17) is 0 Å². The van der Waals surface area contributed by atoms with Crippen molar-refractivity contribution < 1.29 is 0 Å². The smallest absolute Gasteiger partial charge is 0.108 e. The summed E-state index contributed by atoms with van der Waals surface area (Å²) in [6.45, 7) is 2.27. The first-order chi connectivity index (χ1) is 7.84. The van der Waals surface area contributed by atoms with Gasteiger partial charge in [-0.05, 0) is 6.42 Å². The summed E-state index contributed by atoms with van der Waals surface area (Å²) in [4.78, 5) is 4.34. The van der Waals surface area contributed by atoms with Gasteiger partial charge < -0.3 is 4.57 Å². The Morgan fingerprint density at radius 1 is 1.00 bits per heavy atom. The van der Waals surface area contributed by atoms with Crippen LogP contribution in [-0.4, -0.2) is 9.55 Å². The lowest BCUT2D eigenvalue weighted by atomic mass is 10.1. The summed E-state index contributed by atoms with van der Waals surface area (Å²) in [5, 5.41) is 0. The van der Waals surface area contributed by atoms with Gasteiger partial charge in [-0.15, -0.1) is 0 Å². The van der Waals surface area contributed by atoms with Crippen LogP contribution in [0, 0.1) is 0 Å². The number of nitrogens with zero attached hydrogens (tertiary/aromatic N) is 2. The first-order valence-electron chi connectivity index (χ1n) is 6.80. The number of unbranched alkanes of at least 4 members (excludes halogenated alkanes) is 7. The molecule has 1 aromatic heterocycles. The van der Waals surface area contributed by atoms with Crippen LogP contribution in [0.15, 0.2) is 12.4 Å². The predicted octanol–water partition coefficient (Wildman–Crippen LogP) is 4.10. The molecule has 0 aliphatic heterocycles. The second kappa shape index (κ2) is 8.37. The third-order valence-electron chi connectivity index (χ3n) is 3.17. The van der Waals surface area contributed by atoms with E-state index in [9.17, 15) is 0 Å². The summed E-state index contributed by atoms with van der Waals surface area (Å²) in [6.07, 6.45) is 16.1. The number of hydrogen-bond donors (Lipinski definition) is 0. The zero-order chi connectivity index (χ0) is 11.6. The molecule has 2 heteroatoms. The van der Waals surface area contributed by atoms with E-state index in [1.807, 2.05) is 12.4 Å². The van der Waals surface area contributed by atoms with Gasteiger partial charge in [0.15, 0.2) is 0 Å². The predicted molar refractivity (Wildman–Crippen MR) is 69.5 cm³/mol. The van der Waals surface area contributed by atoms with Gasteiger partial charge in [-0.3, -0.25) is 0 Å². The van der Waals surface area contributed by atoms with Crippen LogP contribution in [0.25, 0.3) is 0 Å².